The summed E-state index contributed by atoms with van der Waals surface area (Å²) in [5.74, 6) is 0.328. The molecular formula is C10H13N3. The molecule has 1 aromatic heterocycles. The molecule has 1 N–H and O–H groups in total. The number of nitrogens with zero attached hydrogens (tertiary/aromatic N) is 2. The zero-order chi connectivity index (χ0) is 9.84. The van der Waals surface area contributed by atoms with Gasteiger partial charge in [-0.3, -0.25) is 0 Å². The minimum absolute atomic E-state index is 0.328. The van der Waals surface area contributed by atoms with E-state index in [0.717, 1.165) is 11.3 Å². The lowest BCUT2D eigenvalue weighted by atomic mass is 10.0. The van der Waals surface area contributed by atoms with Gasteiger partial charge in [-0.25, -0.2) is 9.97 Å². The average Bonchev–Trinajstić information content (AvgIpc) is 2.16. The smallest absolute Gasteiger partial charge is 0.116 e. The predicted molar refractivity (Wildman–Crippen MR) is 54.1 cm³/mol. The molecule has 0 atom stereocenters. The van der Waals surface area contributed by atoms with Gasteiger partial charge in [0.15, 0.2) is 0 Å². The van der Waals surface area contributed by atoms with Crippen LogP contribution in [-0.4, -0.2) is 16.2 Å². The van der Waals surface area contributed by atoms with Crippen LogP contribution in [0, 0.1) is 5.41 Å². The lowest BCUT2D eigenvalue weighted by molar-refractivity contribution is 0.809. The van der Waals surface area contributed by atoms with Crippen LogP contribution in [0.25, 0.3) is 6.08 Å². The molecule has 0 aliphatic carbocycles. The van der Waals surface area contributed by atoms with Crippen molar-refractivity contribution in [3.05, 3.63) is 29.9 Å². The van der Waals surface area contributed by atoms with Gasteiger partial charge < -0.3 is 5.41 Å². The molecule has 0 amide bonds. The molecule has 0 aliphatic rings. The zero-order valence-electron chi connectivity index (χ0n) is 7.91. The lowest BCUT2D eigenvalue weighted by Crippen LogP contribution is -2.02. The summed E-state index contributed by atoms with van der Waals surface area (Å²) < 4.78 is 0. The predicted octanol–water partition coefficient (Wildman–Crippen LogP) is 2.24. The molecule has 0 saturated carbocycles. The van der Waals surface area contributed by atoms with Crippen molar-refractivity contribution in [2.75, 3.05) is 0 Å². The van der Waals surface area contributed by atoms with Gasteiger partial charge in [0, 0.05) is 11.8 Å². The number of hydrogen-bond donors (Lipinski definition) is 1. The Morgan fingerprint density at radius 1 is 1.46 bits per heavy atom. The highest BCUT2D eigenvalue weighted by Gasteiger charge is 2.09. The van der Waals surface area contributed by atoms with Crippen LogP contribution in [-0.2, 0) is 0 Å². The van der Waals surface area contributed by atoms with E-state index in [0.29, 0.717) is 11.6 Å². The van der Waals surface area contributed by atoms with E-state index >= 15 is 0 Å². The Morgan fingerprint density at radius 2 is 2.15 bits per heavy atom. The second-order valence-electron chi connectivity index (χ2n) is 3.06. The molecule has 0 aliphatic heterocycles. The number of rotatable bonds is 3. The number of hydrogen-bond acceptors (Lipinski definition) is 3. The first-order chi connectivity index (χ1) is 6.20. The monoisotopic (exact) mass is 175 g/mol. The fourth-order valence-electron chi connectivity index (χ4n) is 1.21. The van der Waals surface area contributed by atoms with E-state index in [2.05, 4.69) is 30.4 Å². The van der Waals surface area contributed by atoms with E-state index in [1.54, 1.807) is 6.08 Å². The van der Waals surface area contributed by atoms with E-state index in [4.69, 9.17) is 5.41 Å². The molecule has 0 unspecified atom stereocenters. The van der Waals surface area contributed by atoms with Gasteiger partial charge in [-0.15, -0.1) is 0 Å². The first kappa shape index (κ1) is 9.58. The topological polar surface area (TPSA) is 49.6 Å². The van der Waals surface area contributed by atoms with Crippen LogP contribution < -0.4 is 0 Å². The maximum Gasteiger partial charge on any atom is 0.116 e. The summed E-state index contributed by atoms with van der Waals surface area (Å²) in [5.41, 5.74) is 2.45. The van der Waals surface area contributed by atoms with E-state index < -0.39 is 0 Å². The quantitative estimate of drug-likeness (QED) is 0.716. The molecule has 13 heavy (non-hydrogen) atoms. The van der Waals surface area contributed by atoms with Gasteiger partial charge in [-0.05, 0) is 5.92 Å². The van der Waals surface area contributed by atoms with E-state index in [-0.39, 0.29) is 0 Å². The molecule has 0 aromatic carbocycles. The fraction of sp³-hybridized carbons (Fsp3) is 0.300. The number of nitrogens with one attached hydrogen (secondary N) is 1. The molecule has 0 radical (unpaired) electrons. The van der Waals surface area contributed by atoms with Crippen molar-refractivity contribution in [1.82, 2.24) is 9.97 Å². The Labute approximate surface area is 78.1 Å². The maximum absolute atomic E-state index is 7.16. The SMILES string of the molecule is C=Cc1c(C=N)ncnc1C(C)C. The van der Waals surface area contributed by atoms with Crippen molar-refractivity contribution in [1.29, 1.82) is 5.41 Å². The summed E-state index contributed by atoms with van der Waals surface area (Å²) >= 11 is 0. The van der Waals surface area contributed by atoms with Crippen molar-refractivity contribution in [2.24, 2.45) is 0 Å². The van der Waals surface area contributed by atoms with Crippen LogP contribution in [0.1, 0.15) is 36.7 Å². The second kappa shape index (κ2) is 3.94. The van der Waals surface area contributed by atoms with E-state index in [1.807, 2.05) is 0 Å². The van der Waals surface area contributed by atoms with Crippen LogP contribution in [0.4, 0.5) is 0 Å². The van der Waals surface area contributed by atoms with Crippen LogP contribution >= 0.6 is 0 Å². The summed E-state index contributed by atoms with van der Waals surface area (Å²) in [6.07, 6.45) is 4.42. The third-order valence-corrected chi connectivity index (χ3v) is 1.83. The molecule has 0 bridgehead atoms. The Kier molecular flexibility index (Phi) is 2.90. The van der Waals surface area contributed by atoms with Crippen LogP contribution in [0.15, 0.2) is 12.9 Å². The molecule has 3 nitrogen and oxygen atoms in total. The van der Waals surface area contributed by atoms with Crippen molar-refractivity contribution >= 4 is 12.3 Å². The fourth-order valence-corrected chi connectivity index (χ4v) is 1.21. The first-order valence-corrected chi connectivity index (χ1v) is 4.18. The van der Waals surface area contributed by atoms with Crippen molar-refractivity contribution < 1.29 is 0 Å². The van der Waals surface area contributed by atoms with Gasteiger partial charge in [0.2, 0.25) is 0 Å². The molecule has 1 aromatic rings. The highest BCUT2D eigenvalue weighted by Crippen LogP contribution is 2.18. The Hall–Kier alpha value is -1.51. The molecule has 1 rings (SSSR count). The average molecular weight is 175 g/mol. The van der Waals surface area contributed by atoms with Gasteiger partial charge in [0.25, 0.3) is 0 Å². The molecule has 0 spiro atoms. The first-order valence-electron chi connectivity index (χ1n) is 4.18. The van der Waals surface area contributed by atoms with Gasteiger partial charge in [0.1, 0.15) is 6.33 Å². The van der Waals surface area contributed by atoms with E-state index in [9.17, 15) is 0 Å². The minimum atomic E-state index is 0.328. The highest BCUT2D eigenvalue weighted by atomic mass is 14.8. The minimum Gasteiger partial charge on any atom is -0.306 e. The zero-order valence-corrected chi connectivity index (χ0v) is 7.91. The number of aromatic nitrogens is 2. The Morgan fingerprint density at radius 3 is 2.62 bits per heavy atom. The highest BCUT2D eigenvalue weighted by molar-refractivity contribution is 5.81. The summed E-state index contributed by atoms with van der Waals surface area (Å²) in [6, 6.07) is 0. The Bertz CT molecular complexity index is 329. The molecule has 0 fully saturated rings. The molecular weight excluding hydrogens is 162 g/mol. The van der Waals surface area contributed by atoms with Gasteiger partial charge in [0.05, 0.1) is 11.4 Å². The normalized spacial score (nSPS) is 10.1. The van der Waals surface area contributed by atoms with Crippen molar-refractivity contribution in [3.8, 4) is 0 Å². The largest absolute Gasteiger partial charge is 0.306 e. The second-order valence-corrected chi connectivity index (χ2v) is 3.06. The molecule has 68 valence electrons. The maximum atomic E-state index is 7.16. The van der Waals surface area contributed by atoms with Crippen LogP contribution in [0.3, 0.4) is 0 Å². The summed E-state index contributed by atoms with van der Waals surface area (Å²) in [4.78, 5) is 8.16. The van der Waals surface area contributed by atoms with Gasteiger partial charge >= 0.3 is 0 Å². The van der Waals surface area contributed by atoms with Crippen molar-refractivity contribution in [3.63, 3.8) is 0 Å². The van der Waals surface area contributed by atoms with Crippen LogP contribution in [0.5, 0.6) is 0 Å². The van der Waals surface area contributed by atoms with Crippen LogP contribution in [0.2, 0.25) is 0 Å². The summed E-state index contributed by atoms with van der Waals surface area (Å²) in [5, 5.41) is 7.16. The summed E-state index contributed by atoms with van der Waals surface area (Å²) in [7, 11) is 0. The van der Waals surface area contributed by atoms with Crippen molar-refractivity contribution in [2.45, 2.75) is 19.8 Å². The third-order valence-electron chi connectivity index (χ3n) is 1.83. The third kappa shape index (κ3) is 1.80. The summed E-state index contributed by atoms with van der Waals surface area (Å²) in [6.45, 7) is 7.82. The standard InChI is InChI=1S/C10H13N3/c1-4-8-9(5-11)12-6-13-10(8)7(2)3/h4-7,11H,1H2,2-3H3. The molecule has 0 saturated heterocycles. The Balaban J connectivity index is 3.35. The van der Waals surface area contributed by atoms with Gasteiger partial charge in [-0.1, -0.05) is 26.5 Å². The molecule has 3 heteroatoms. The van der Waals surface area contributed by atoms with Gasteiger partial charge in [-0.2, -0.15) is 0 Å². The van der Waals surface area contributed by atoms with E-state index in [1.165, 1.54) is 12.5 Å². The molecule has 1 heterocycles. The lowest BCUT2D eigenvalue weighted by Gasteiger charge is -2.09.